The molecule has 10 rings (SSSR count). The molecule has 8 aromatic carbocycles. The Bertz CT molecular complexity index is 3110. The van der Waals surface area contributed by atoms with E-state index in [2.05, 4.69) is 212 Å². The summed E-state index contributed by atoms with van der Waals surface area (Å²) in [5.41, 5.74) is 21.6. The van der Waals surface area contributed by atoms with Gasteiger partial charge in [0.2, 0.25) is 0 Å². The number of hydrogen-bond acceptors (Lipinski definition) is 0. The molecule has 0 aliphatic rings. The van der Waals surface area contributed by atoms with Gasteiger partial charge in [0, 0.05) is 32.9 Å². The number of para-hydroxylation sites is 2. The van der Waals surface area contributed by atoms with Gasteiger partial charge in [-0.05, 0) is 94.0 Å². The van der Waals surface area contributed by atoms with Gasteiger partial charge in [-0.3, -0.25) is 0 Å². The number of rotatable bonds is 5. The predicted octanol–water partition coefficient (Wildman–Crippen LogP) is 4.17. The van der Waals surface area contributed by atoms with Crippen LogP contribution in [0.15, 0.2) is 164 Å². The molecule has 0 bridgehead atoms. The molecule has 2 nitrogen and oxygen atoms in total. The van der Waals surface area contributed by atoms with E-state index in [0.29, 0.717) is 0 Å². The van der Waals surface area contributed by atoms with Crippen molar-refractivity contribution in [2.75, 3.05) is 0 Å². The number of aromatic nitrogens is 2. The van der Waals surface area contributed by atoms with Crippen LogP contribution in [-0.2, 0) is 0 Å². The minimum Gasteiger partial charge on any atom is -0.309 e. The molecule has 0 saturated heterocycles. The molecule has 0 N–H and O–H groups in total. The Morgan fingerprint density at radius 3 is 1.29 bits per heavy atom. The Morgan fingerprint density at radius 1 is 0.273 bits per heavy atom. The Morgan fingerprint density at radius 2 is 0.709 bits per heavy atom. The molecular formula is C48H37B5N2. The molecule has 7 heteroatoms. The summed E-state index contributed by atoms with van der Waals surface area (Å²) >= 11 is 0. The maximum Gasteiger partial charge on any atom is 0.139 e. The highest BCUT2D eigenvalue weighted by atomic mass is 15.0. The molecule has 0 radical (unpaired) electrons. The molecule has 0 spiro atoms. The molecule has 10 aromatic rings. The Hall–Kier alpha value is -6.32. The molecule has 0 atom stereocenters. The Balaban J connectivity index is 1.08. The number of hydrogen-bond donors (Lipinski definition) is 0. The van der Waals surface area contributed by atoms with Crippen molar-refractivity contribution in [2.24, 2.45) is 0 Å². The molecule has 0 saturated carbocycles. The fraction of sp³-hybridized carbons (Fsp3) is 0. The molecule has 2 heterocycles. The summed E-state index contributed by atoms with van der Waals surface area (Å²) < 4.78 is 4.83. The number of nitrogens with zero attached hydrogens (tertiary/aromatic N) is 2. The second-order valence-electron chi connectivity index (χ2n) is 15.1. The average Bonchev–Trinajstić information content (AvgIpc) is 3.75. The van der Waals surface area contributed by atoms with Crippen molar-refractivity contribution >= 4 is 110 Å². The van der Waals surface area contributed by atoms with Crippen LogP contribution >= 0.6 is 0 Å². The van der Waals surface area contributed by atoms with Crippen molar-refractivity contribution in [1.29, 1.82) is 0 Å². The quantitative estimate of drug-likeness (QED) is 0.240. The third kappa shape index (κ3) is 5.25. The highest BCUT2D eigenvalue weighted by Gasteiger charge is 2.18. The van der Waals surface area contributed by atoms with Gasteiger partial charge in [0.15, 0.2) is 0 Å². The lowest BCUT2D eigenvalue weighted by Crippen LogP contribution is -2.55. The first kappa shape index (κ1) is 33.3. The lowest BCUT2D eigenvalue weighted by atomic mass is 9.60. The van der Waals surface area contributed by atoms with E-state index < -0.39 is 0 Å². The van der Waals surface area contributed by atoms with E-state index in [9.17, 15) is 0 Å². The maximum absolute atomic E-state index is 2.42. The van der Waals surface area contributed by atoms with Crippen LogP contribution in [0.4, 0.5) is 0 Å². The van der Waals surface area contributed by atoms with E-state index >= 15 is 0 Å². The van der Waals surface area contributed by atoms with Gasteiger partial charge < -0.3 is 9.13 Å². The van der Waals surface area contributed by atoms with Crippen LogP contribution in [0.2, 0.25) is 0 Å². The fourth-order valence-electron chi connectivity index (χ4n) is 9.03. The fourth-order valence-corrected chi connectivity index (χ4v) is 9.03. The van der Waals surface area contributed by atoms with Crippen molar-refractivity contribution in [1.82, 2.24) is 9.13 Å². The second-order valence-corrected chi connectivity index (χ2v) is 15.1. The summed E-state index contributed by atoms with van der Waals surface area (Å²) in [5.74, 6) is 0. The molecule has 0 unspecified atom stereocenters. The smallest absolute Gasteiger partial charge is 0.139 e. The highest BCUT2D eigenvalue weighted by molar-refractivity contribution is 6.68. The van der Waals surface area contributed by atoms with Crippen molar-refractivity contribution in [3.05, 3.63) is 164 Å². The van der Waals surface area contributed by atoms with Crippen LogP contribution in [0, 0.1) is 0 Å². The van der Waals surface area contributed by atoms with Crippen molar-refractivity contribution < 1.29 is 0 Å². The number of benzene rings is 8. The third-order valence-corrected chi connectivity index (χ3v) is 12.3. The SMILES string of the molecule is Bc1c(B)c(B)c(-c2ccc(-n3c4ccccc4c4cc(-c5ccc6c(c5)c5ccccc5n6-c5cccc(-c6ccccc6)c5)ccc43)cc2)c(B)c1B. The number of fused-ring (bicyclic) bond motifs is 6. The summed E-state index contributed by atoms with van der Waals surface area (Å²) in [6.07, 6.45) is 0. The van der Waals surface area contributed by atoms with Crippen molar-refractivity contribution in [2.45, 2.75) is 0 Å². The van der Waals surface area contributed by atoms with Crippen molar-refractivity contribution in [3.8, 4) is 44.8 Å². The zero-order valence-corrected chi connectivity index (χ0v) is 32.0. The third-order valence-electron chi connectivity index (χ3n) is 12.3. The Kier molecular flexibility index (Phi) is 7.82. The minimum absolute atomic E-state index is 1.16. The normalized spacial score (nSPS) is 11.6. The van der Waals surface area contributed by atoms with E-state index in [1.807, 2.05) is 0 Å². The molecule has 0 aliphatic carbocycles. The average molecular weight is 696 g/mol. The lowest BCUT2D eigenvalue weighted by Gasteiger charge is -2.20. The molecule has 0 aliphatic heterocycles. The zero-order valence-electron chi connectivity index (χ0n) is 32.0. The van der Waals surface area contributed by atoms with Gasteiger partial charge in [-0.15, -0.1) is 16.4 Å². The molecular weight excluding hydrogens is 659 g/mol. The van der Waals surface area contributed by atoms with Crippen LogP contribution in [0.5, 0.6) is 0 Å². The van der Waals surface area contributed by atoms with Gasteiger partial charge in [-0.25, -0.2) is 0 Å². The second kappa shape index (κ2) is 12.9. The van der Waals surface area contributed by atoms with E-state index in [4.69, 9.17) is 0 Å². The summed E-state index contributed by atoms with van der Waals surface area (Å²) in [4.78, 5) is 0. The van der Waals surface area contributed by atoms with Crippen LogP contribution in [0.3, 0.4) is 0 Å². The van der Waals surface area contributed by atoms with Gasteiger partial charge in [-0.2, -0.15) is 0 Å². The van der Waals surface area contributed by atoms with Gasteiger partial charge in [0.05, 0.1) is 22.1 Å². The van der Waals surface area contributed by atoms with Crippen LogP contribution in [0.1, 0.15) is 0 Å². The Labute approximate surface area is 326 Å². The van der Waals surface area contributed by atoms with Gasteiger partial charge in [-0.1, -0.05) is 114 Å². The summed E-state index contributed by atoms with van der Waals surface area (Å²) in [6, 6.07) is 60.3. The van der Waals surface area contributed by atoms with Crippen LogP contribution in [-0.4, -0.2) is 48.4 Å². The standard InChI is InChI=1S/C48H37B5N2/c49-44-43(45(50)47(52)48(53)46(44)51)29-17-21-33(22-18-29)54-39-15-6-4-13-35(39)37-26-31(19-23-41(37)54)32-20-24-42-38(27-32)36-14-5-7-16-40(36)55(42)34-12-8-11-30(25-34)28-9-2-1-3-10-28/h1-27H,49-53H2. The van der Waals surface area contributed by atoms with Crippen molar-refractivity contribution in [3.63, 3.8) is 0 Å². The first-order valence-corrected chi connectivity index (χ1v) is 19.3. The molecule has 2 aromatic heterocycles. The molecule has 0 amide bonds. The van der Waals surface area contributed by atoms with Crippen LogP contribution in [0.25, 0.3) is 88.4 Å². The molecule has 254 valence electrons. The largest absolute Gasteiger partial charge is 0.309 e. The summed E-state index contributed by atoms with van der Waals surface area (Å²) in [7, 11) is 11.3. The van der Waals surface area contributed by atoms with Gasteiger partial charge in [0.25, 0.3) is 0 Å². The van der Waals surface area contributed by atoms with E-state index in [0.717, 1.165) is 5.69 Å². The summed E-state index contributed by atoms with van der Waals surface area (Å²) in [6.45, 7) is 0. The predicted molar refractivity (Wildman–Crippen MR) is 252 cm³/mol. The monoisotopic (exact) mass is 696 g/mol. The van der Waals surface area contributed by atoms with Gasteiger partial charge >= 0.3 is 0 Å². The van der Waals surface area contributed by atoms with E-state index in [-0.39, 0.29) is 0 Å². The molecule has 55 heavy (non-hydrogen) atoms. The minimum atomic E-state index is 1.16. The summed E-state index contributed by atoms with van der Waals surface area (Å²) in [5, 5.41) is 5.03. The maximum atomic E-state index is 2.42. The topological polar surface area (TPSA) is 9.86 Å². The van der Waals surface area contributed by atoms with E-state index in [1.165, 1.54) is 110 Å². The lowest BCUT2D eigenvalue weighted by molar-refractivity contribution is 1.18. The highest BCUT2D eigenvalue weighted by Crippen LogP contribution is 2.39. The zero-order chi connectivity index (χ0) is 37.4. The van der Waals surface area contributed by atoms with E-state index in [1.54, 1.807) is 0 Å². The van der Waals surface area contributed by atoms with Crippen LogP contribution < -0.4 is 27.3 Å². The van der Waals surface area contributed by atoms with Gasteiger partial charge in [0.1, 0.15) is 39.2 Å². The first-order chi connectivity index (χ1) is 26.9. The molecule has 0 fully saturated rings. The first-order valence-electron chi connectivity index (χ1n) is 19.3.